The molecule has 1 rings (SSSR count). The maximum Gasteiger partial charge on any atom is 0.325 e. The smallest absolute Gasteiger partial charge is 0.325 e. The van der Waals surface area contributed by atoms with Crippen molar-refractivity contribution in [1.82, 2.24) is 4.90 Å². The summed E-state index contributed by atoms with van der Waals surface area (Å²) in [6, 6.07) is 8.62. The molecule has 0 saturated heterocycles. The molecule has 0 aromatic heterocycles. The molecule has 1 unspecified atom stereocenters. The van der Waals surface area contributed by atoms with Crippen LogP contribution < -0.4 is 0 Å². The van der Waals surface area contributed by atoms with Gasteiger partial charge in [0.05, 0.1) is 6.61 Å². The fourth-order valence-electron chi connectivity index (χ4n) is 1.70. The van der Waals surface area contributed by atoms with E-state index in [2.05, 4.69) is 0 Å². The standard InChI is InChI=1S/C13H19NO3/c1-3-17-10-9-14(2)12(13(15)16)11-7-5-4-6-8-11/h4-8,12H,3,9-10H2,1-2H3,(H,15,16). The third-order valence-corrected chi connectivity index (χ3v) is 2.58. The summed E-state index contributed by atoms with van der Waals surface area (Å²) in [5, 5.41) is 9.27. The van der Waals surface area contributed by atoms with E-state index in [-0.39, 0.29) is 0 Å². The van der Waals surface area contributed by atoms with Crippen molar-refractivity contribution in [3.8, 4) is 0 Å². The topological polar surface area (TPSA) is 49.8 Å². The fraction of sp³-hybridized carbons (Fsp3) is 0.462. The van der Waals surface area contributed by atoms with Crippen LogP contribution in [-0.4, -0.2) is 42.8 Å². The minimum atomic E-state index is -0.838. The molecular formula is C13H19NO3. The van der Waals surface area contributed by atoms with Gasteiger partial charge in [-0.05, 0) is 19.5 Å². The van der Waals surface area contributed by atoms with Crippen molar-refractivity contribution in [3.05, 3.63) is 35.9 Å². The second kappa shape index (κ2) is 7.04. The second-order valence-corrected chi connectivity index (χ2v) is 3.83. The molecule has 0 bridgehead atoms. The Morgan fingerprint density at radius 3 is 2.59 bits per heavy atom. The van der Waals surface area contributed by atoms with Crippen molar-refractivity contribution >= 4 is 5.97 Å². The van der Waals surface area contributed by atoms with Crippen molar-refractivity contribution in [3.63, 3.8) is 0 Å². The number of carboxylic acids is 1. The zero-order valence-corrected chi connectivity index (χ0v) is 10.3. The summed E-state index contributed by atoms with van der Waals surface area (Å²) in [6.45, 7) is 3.71. The van der Waals surface area contributed by atoms with Crippen LogP contribution in [0.5, 0.6) is 0 Å². The number of carboxylic acid groups (broad SMARTS) is 1. The highest BCUT2D eigenvalue weighted by Gasteiger charge is 2.23. The number of ether oxygens (including phenoxy) is 1. The van der Waals surface area contributed by atoms with Gasteiger partial charge in [0.2, 0.25) is 0 Å². The molecule has 94 valence electrons. The van der Waals surface area contributed by atoms with Gasteiger partial charge in [0.25, 0.3) is 0 Å². The highest BCUT2D eigenvalue weighted by atomic mass is 16.5. The van der Waals surface area contributed by atoms with Gasteiger partial charge in [-0.2, -0.15) is 0 Å². The Morgan fingerprint density at radius 1 is 1.41 bits per heavy atom. The molecule has 4 heteroatoms. The Balaban J connectivity index is 2.69. The molecule has 0 heterocycles. The number of hydrogen-bond acceptors (Lipinski definition) is 3. The van der Waals surface area contributed by atoms with Crippen LogP contribution in [0.25, 0.3) is 0 Å². The maximum absolute atomic E-state index is 11.3. The summed E-state index contributed by atoms with van der Waals surface area (Å²) in [4.78, 5) is 13.1. The lowest BCUT2D eigenvalue weighted by molar-refractivity contribution is -0.143. The number of likely N-dealkylation sites (N-methyl/N-ethyl adjacent to an activating group) is 1. The molecule has 17 heavy (non-hydrogen) atoms. The first-order valence-corrected chi connectivity index (χ1v) is 5.72. The fourth-order valence-corrected chi connectivity index (χ4v) is 1.70. The molecule has 1 aromatic rings. The van der Waals surface area contributed by atoms with E-state index in [1.807, 2.05) is 37.3 Å². The molecule has 0 amide bonds. The lowest BCUT2D eigenvalue weighted by Gasteiger charge is -2.24. The molecule has 0 fully saturated rings. The SMILES string of the molecule is CCOCCN(C)C(C(=O)O)c1ccccc1. The number of benzene rings is 1. The lowest BCUT2D eigenvalue weighted by atomic mass is 10.1. The Kier molecular flexibility index (Phi) is 5.66. The third-order valence-electron chi connectivity index (χ3n) is 2.58. The third kappa shape index (κ3) is 4.17. The van der Waals surface area contributed by atoms with Crippen LogP contribution in [0.2, 0.25) is 0 Å². The average Bonchev–Trinajstić information content (AvgIpc) is 2.30. The van der Waals surface area contributed by atoms with Crippen molar-refractivity contribution in [2.24, 2.45) is 0 Å². The van der Waals surface area contributed by atoms with Crippen LogP contribution in [-0.2, 0) is 9.53 Å². The summed E-state index contributed by atoms with van der Waals surface area (Å²) in [5.41, 5.74) is 0.791. The van der Waals surface area contributed by atoms with Crippen LogP contribution in [0.15, 0.2) is 30.3 Å². The van der Waals surface area contributed by atoms with Gasteiger partial charge in [-0.25, -0.2) is 0 Å². The molecule has 0 aliphatic heterocycles. The van der Waals surface area contributed by atoms with Crippen LogP contribution in [0, 0.1) is 0 Å². The van der Waals surface area contributed by atoms with E-state index in [1.165, 1.54) is 0 Å². The van der Waals surface area contributed by atoms with Crippen molar-refractivity contribution < 1.29 is 14.6 Å². The number of hydrogen-bond donors (Lipinski definition) is 1. The van der Waals surface area contributed by atoms with Gasteiger partial charge in [0, 0.05) is 13.2 Å². The van der Waals surface area contributed by atoms with Gasteiger partial charge in [-0.1, -0.05) is 30.3 Å². The van der Waals surface area contributed by atoms with Crippen LogP contribution >= 0.6 is 0 Å². The van der Waals surface area contributed by atoms with Gasteiger partial charge >= 0.3 is 5.97 Å². The lowest BCUT2D eigenvalue weighted by Crippen LogP contribution is -2.33. The molecule has 0 saturated carbocycles. The molecular weight excluding hydrogens is 218 g/mol. The average molecular weight is 237 g/mol. The Bertz CT molecular complexity index is 340. The molecule has 1 aromatic carbocycles. The van der Waals surface area contributed by atoms with E-state index >= 15 is 0 Å². The first-order valence-electron chi connectivity index (χ1n) is 5.72. The molecule has 1 N–H and O–H groups in total. The van der Waals surface area contributed by atoms with Gasteiger partial charge in [0.15, 0.2) is 0 Å². The van der Waals surface area contributed by atoms with Gasteiger partial charge in [-0.3, -0.25) is 9.69 Å². The quantitative estimate of drug-likeness (QED) is 0.734. The Labute approximate surface area is 102 Å². The predicted octanol–water partition coefficient (Wildman–Crippen LogP) is 1.78. The Hall–Kier alpha value is -1.39. The molecule has 0 aliphatic carbocycles. The van der Waals surface area contributed by atoms with E-state index in [9.17, 15) is 9.90 Å². The summed E-state index contributed by atoms with van der Waals surface area (Å²) in [5.74, 6) is -0.838. The summed E-state index contributed by atoms with van der Waals surface area (Å²) in [6.07, 6.45) is 0. The largest absolute Gasteiger partial charge is 0.480 e. The van der Waals surface area contributed by atoms with E-state index < -0.39 is 12.0 Å². The minimum Gasteiger partial charge on any atom is -0.480 e. The van der Waals surface area contributed by atoms with Crippen LogP contribution in [0.3, 0.4) is 0 Å². The van der Waals surface area contributed by atoms with E-state index in [0.717, 1.165) is 5.56 Å². The normalized spacial score (nSPS) is 12.6. The zero-order valence-electron chi connectivity index (χ0n) is 10.3. The molecule has 0 aliphatic rings. The molecule has 1 atom stereocenters. The van der Waals surface area contributed by atoms with Crippen LogP contribution in [0.1, 0.15) is 18.5 Å². The highest BCUT2D eigenvalue weighted by molar-refractivity contribution is 5.75. The van der Waals surface area contributed by atoms with E-state index in [1.54, 1.807) is 11.9 Å². The first-order chi connectivity index (χ1) is 8.16. The zero-order chi connectivity index (χ0) is 12.7. The molecule has 0 radical (unpaired) electrons. The van der Waals surface area contributed by atoms with Gasteiger partial charge in [-0.15, -0.1) is 0 Å². The maximum atomic E-state index is 11.3. The van der Waals surface area contributed by atoms with Crippen molar-refractivity contribution in [2.75, 3.05) is 26.8 Å². The number of rotatable bonds is 7. The predicted molar refractivity (Wildman–Crippen MR) is 65.9 cm³/mol. The minimum absolute atomic E-state index is 0.545. The monoisotopic (exact) mass is 237 g/mol. The number of carbonyl (C=O) groups is 1. The summed E-state index contributed by atoms with van der Waals surface area (Å²) in [7, 11) is 1.80. The second-order valence-electron chi connectivity index (χ2n) is 3.83. The number of nitrogens with zero attached hydrogens (tertiary/aromatic N) is 1. The molecule has 0 spiro atoms. The van der Waals surface area contributed by atoms with Crippen LogP contribution in [0.4, 0.5) is 0 Å². The first kappa shape index (κ1) is 13.7. The molecule has 4 nitrogen and oxygen atoms in total. The summed E-state index contributed by atoms with van der Waals surface area (Å²) < 4.78 is 5.24. The van der Waals surface area contributed by atoms with Gasteiger partial charge in [0.1, 0.15) is 6.04 Å². The van der Waals surface area contributed by atoms with Crippen molar-refractivity contribution in [2.45, 2.75) is 13.0 Å². The Morgan fingerprint density at radius 2 is 2.06 bits per heavy atom. The number of aliphatic carboxylic acids is 1. The highest BCUT2D eigenvalue weighted by Crippen LogP contribution is 2.18. The van der Waals surface area contributed by atoms with Crippen molar-refractivity contribution in [1.29, 1.82) is 0 Å². The van der Waals surface area contributed by atoms with E-state index in [0.29, 0.717) is 19.8 Å². The van der Waals surface area contributed by atoms with Gasteiger partial charge < -0.3 is 9.84 Å². The summed E-state index contributed by atoms with van der Waals surface area (Å²) >= 11 is 0. The van der Waals surface area contributed by atoms with E-state index in [4.69, 9.17) is 4.74 Å².